The molecule has 1 aromatic carbocycles. The van der Waals surface area contributed by atoms with Crippen LogP contribution in [0.5, 0.6) is 0 Å². The second kappa shape index (κ2) is 10.5. The zero-order chi connectivity index (χ0) is 29.0. The number of hydrogen-bond donors (Lipinski definition) is 3. The van der Waals surface area contributed by atoms with Gasteiger partial charge in [-0.25, -0.2) is 14.4 Å². The third-order valence-electron chi connectivity index (χ3n) is 7.76. The van der Waals surface area contributed by atoms with Gasteiger partial charge in [-0.05, 0) is 31.5 Å². The summed E-state index contributed by atoms with van der Waals surface area (Å²) in [5, 5.41) is 16.2. The molecular weight excluding hydrogens is 558 g/mol. The van der Waals surface area contributed by atoms with Crippen molar-refractivity contribution in [2.45, 2.75) is 56.9 Å². The maximum absolute atomic E-state index is 13.5. The molecule has 6 atom stereocenters. The molecule has 0 saturated carbocycles. The molecule has 2 amide bonds. The number of aliphatic hydroxyl groups excluding tert-OH is 1. The summed E-state index contributed by atoms with van der Waals surface area (Å²) in [5.41, 5.74) is 0.623. The number of anilines is 1. The van der Waals surface area contributed by atoms with Gasteiger partial charge in [0.2, 0.25) is 11.8 Å². The van der Waals surface area contributed by atoms with Gasteiger partial charge in [-0.3, -0.25) is 9.59 Å². The molecule has 13 nitrogen and oxygen atoms in total. The molecule has 2 aromatic rings. The molecule has 4 aliphatic rings. The van der Waals surface area contributed by atoms with E-state index in [-0.39, 0.29) is 45.8 Å². The van der Waals surface area contributed by atoms with Gasteiger partial charge in [-0.2, -0.15) is 0 Å². The molecule has 5 heterocycles. The van der Waals surface area contributed by atoms with Crippen molar-refractivity contribution in [3.05, 3.63) is 62.6 Å². The van der Waals surface area contributed by atoms with Crippen LogP contribution in [0.15, 0.2) is 48.5 Å². The number of esters is 2. The molecule has 2 saturated heterocycles. The summed E-state index contributed by atoms with van der Waals surface area (Å²) in [4.78, 5) is 66.0. The maximum atomic E-state index is 13.5. The van der Waals surface area contributed by atoms with Crippen molar-refractivity contribution >= 4 is 41.2 Å². The number of β-lactam (4-membered cyclic amide) rings is 1. The van der Waals surface area contributed by atoms with Crippen molar-refractivity contribution in [2.75, 3.05) is 11.9 Å². The normalized spacial score (nSPS) is 29.1. The lowest BCUT2D eigenvalue weighted by Gasteiger charge is -2.46. The zero-order valence-corrected chi connectivity index (χ0v) is 22.9. The average Bonchev–Trinajstić information content (AvgIpc) is 3.61. The van der Waals surface area contributed by atoms with Crippen LogP contribution in [0.1, 0.15) is 42.1 Å². The van der Waals surface area contributed by atoms with Gasteiger partial charge in [0.25, 0.3) is 0 Å². The topological polar surface area (TPSA) is 178 Å². The lowest BCUT2D eigenvalue weighted by atomic mass is 9.79. The van der Waals surface area contributed by atoms with E-state index in [2.05, 4.69) is 10.6 Å². The molecule has 0 aliphatic carbocycles. The number of nitrogens with zero attached hydrogens (tertiary/aromatic N) is 1. The number of ether oxygens (including phenoxy) is 2. The van der Waals surface area contributed by atoms with Gasteiger partial charge in [0.1, 0.15) is 5.70 Å². The monoisotopic (exact) mass is 585 g/mol. The first-order chi connectivity index (χ1) is 19.6. The van der Waals surface area contributed by atoms with Crippen LogP contribution >= 0.6 is 11.8 Å². The second-order valence-electron chi connectivity index (χ2n) is 10.4. The highest BCUT2D eigenvalue weighted by molar-refractivity contribution is 8.03. The number of hydrogen-bond acceptors (Lipinski definition) is 12. The lowest BCUT2D eigenvalue weighted by molar-refractivity contribution is -0.164. The van der Waals surface area contributed by atoms with E-state index < -0.39 is 55.1 Å². The van der Waals surface area contributed by atoms with Crippen LogP contribution in [0.25, 0.3) is 0 Å². The SMILES string of the molecule is C[C@@H](O)[C@H]1C(=O)N2C3=C(S[C@@H]4CN[C@@H](C4)C(=O)Nc4cccc(c4)C(=O)OCc4oc(=O)oc4COC3=O)[C@H](C)[C@H]12. The largest absolute Gasteiger partial charge is 0.519 e. The van der Waals surface area contributed by atoms with Crippen molar-refractivity contribution in [3.63, 3.8) is 0 Å². The predicted molar refractivity (Wildman–Crippen MR) is 141 cm³/mol. The van der Waals surface area contributed by atoms with Crippen LogP contribution in [0.3, 0.4) is 0 Å². The van der Waals surface area contributed by atoms with E-state index in [0.717, 1.165) is 0 Å². The minimum Gasteiger partial charge on any atom is -0.454 e. The van der Waals surface area contributed by atoms with E-state index in [1.54, 1.807) is 19.1 Å². The Balaban J connectivity index is 1.34. The van der Waals surface area contributed by atoms with Gasteiger partial charge in [0.05, 0.1) is 29.7 Å². The fourth-order valence-corrected chi connectivity index (χ4v) is 7.24. The molecule has 1 aromatic heterocycles. The fourth-order valence-electron chi connectivity index (χ4n) is 5.76. The standard InChI is InChI=1S/C27H27N3O10S/c1-11-20-19(12(2)31)24(33)30(20)21-22(11)41-15-7-16(28-8-15)23(32)29-14-5-3-4-13(6-14)25(34)37-9-17-18(10-38-26(21)35)40-27(36)39-17/h3-6,11-12,15-16,19-20,28,31H,7-10H2,1-2H3,(H,29,32)/t11-,12-,15+,16+,19-,20-/m1/s1. The number of nitrogens with one attached hydrogen (secondary N) is 2. The number of carbonyl (C=O) groups is 4. The fraction of sp³-hybridized carbons (Fsp3) is 0.444. The number of fused-ring (bicyclic) bond motifs is 7. The van der Waals surface area contributed by atoms with E-state index in [9.17, 15) is 29.1 Å². The van der Waals surface area contributed by atoms with Gasteiger partial charge >= 0.3 is 17.8 Å². The molecule has 2 fully saturated rings. The number of aliphatic hydroxyl groups is 1. The highest BCUT2D eigenvalue weighted by Crippen LogP contribution is 2.52. The van der Waals surface area contributed by atoms with Crippen LogP contribution in [0.4, 0.5) is 5.69 Å². The molecule has 4 aliphatic heterocycles. The molecule has 4 bridgehead atoms. The van der Waals surface area contributed by atoms with Gasteiger partial charge in [-0.15, -0.1) is 11.8 Å². The first-order valence-corrected chi connectivity index (χ1v) is 14.0. The Kier molecular flexibility index (Phi) is 6.99. The lowest BCUT2D eigenvalue weighted by Crippen LogP contribution is -2.63. The first kappa shape index (κ1) is 27.3. The summed E-state index contributed by atoms with van der Waals surface area (Å²) in [7, 11) is 0. The first-order valence-electron chi connectivity index (χ1n) is 13.1. The van der Waals surface area contributed by atoms with E-state index in [1.807, 2.05) is 6.92 Å². The summed E-state index contributed by atoms with van der Waals surface area (Å²) >= 11 is 1.40. The molecule has 0 radical (unpaired) electrons. The van der Waals surface area contributed by atoms with Crippen LogP contribution in [0.2, 0.25) is 0 Å². The summed E-state index contributed by atoms with van der Waals surface area (Å²) in [6, 6.07) is 5.27. The molecule has 3 N–H and O–H groups in total. The van der Waals surface area contributed by atoms with Gasteiger partial charge < -0.3 is 38.9 Å². The van der Waals surface area contributed by atoms with E-state index >= 15 is 0 Å². The Morgan fingerprint density at radius 3 is 2.46 bits per heavy atom. The molecular formula is C27H27N3O10S. The Morgan fingerprint density at radius 1 is 1.05 bits per heavy atom. The van der Waals surface area contributed by atoms with E-state index in [0.29, 0.717) is 23.6 Å². The molecule has 14 heteroatoms. The average molecular weight is 586 g/mol. The minimum absolute atomic E-state index is 0.0649. The van der Waals surface area contributed by atoms with E-state index in [1.165, 1.54) is 28.8 Å². The zero-order valence-electron chi connectivity index (χ0n) is 22.1. The Bertz CT molecular complexity index is 1530. The van der Waals surface area contributed by atoms with Crippen LogP contribution in [0, 0.1) is 11.8 Å². The van der Waals surface area contributed by atoms with Crippen molar-refractivity contribution < 1.29 is 42.6 Å². The Hall–Kier alpha value is -3.88. The number of carbonyl (C=O) groups excluding carboxylic acids is 4. The smallest absolute Gasteiger partial charge is 0.454 e. The van der Waals surface area contributed by atoms with Gasteiger partial charge in [0.15, 0.2) is 24.7 Å². The predicted octanol–water partition coefficient (Wildman–Crippen LogP) is 1.12. The number of benzene rings is 1. The highest BCUT2D eigenvalue weighted by atomic mass is 32.2. The van der Waals surface area contributed by atoms with Crippen LogP contribution in [-0.4, -0.2) is 63.7 Å². The molecule has 216 valence electrons. The van der Waals surface area contributed by atoms with Crippen LogP contribution in [-0.2, 0) is 37.1 Å². The summed E-state index contributed by atoms with van der Waals surface area (Å²) < 4.78 is 20.8. The second-order valence-corrected chi connectivity index (χ2v) is 11.8. The molecule has 6 rings (SSSR count). The Morgan fingerprint density at radius 2 is 1.76 bits per heavy atom. The number of thioether (sulfide) groups is 1. The van der Waals surface area contributed by atoms with Crippen molar-refractivity contribution in [1.82, 2.24) is 10.2 Å². The molecule has 0 spiro atoms. The third kappa shape index (κ3) is 4.85. The number of cyclic esters (lactones) is 2. The quantitative estimate of drug-likeness (QED) is 0.321. The minimum atomic E-state index is -1.07. The molecule has 41 heavy (non-hydrogen) atoms. The number of amides is 2. The van der Waals surface area contributed by atoms with Gasteiger partial charge in [-0.1, -0.05) is 13.0 Å². The summed E-state index contributed by atoms with van der Waals surface area (Å²) in [5.74, 6) is -4.53. The third-order valence-corrected chi connectivity index (χ3v) is 9.27. The van der Waals surface area contributed by atoms with Crippen molar-refractivity contribution in [1.29, 1.82) is 0 Å². The van der Waals surface area contributed by atoms with Crippen molar-refractivity contribution in [3.8, 4) is 0 Å². The summed E-state index contributed by atoms with van der Waals surface area (Å²) in [6.07, 6.45) is -0.463. The molecule has 0 unspecified atom stereocenters. The Labute approximate surface area is 237 Å². The van der Waals surface area contributed by atoms with Gasteiger partial charge in [0, 0.05) is 28.3 Å². The number of rotatable bonds is 1. The van der Waals surface area contributed by atoms with Crippen LogP contribution < -0.4 is 16.5 Å². The maximum Gasteiger partial charge on any atom is 0.519 e. The highest BCUT2D eigenvalue weighted by Gasteiger charge is 2.60. The van der Waals surface area contributed by atoms with E-state index in [4.69, 9.17) is 18.3 Å². The van der Waals surface area contributed by atoms with Crippen molar-refractivity contribution in [2.24, 2.45) is 11.8 Å². The summed E-state index contributed by atoms with van der Waals surface area (Å²) in [6.45, 7) is 2.90.